The highest BCUT2D eigenvalue weighted by Gasteiger charge is 2.41. The highest BCUT2D eigenvalue weighted by Crippen LogP contribution is 2.32. The summed E-state index contributed by atoms with van der Waals surface area (Å²) in [7, 11) is 0. The van der Waals surface area contributed by atoms with E-state index in [0.29, 0.717) is 11.6 Å². The van der Waals surface area contributed by atoms with E-state index < -0.39 is 0 Å². The van der Waals surface area contributed by atoms with Crippen LogP contribution in [0.1, 0.15) is 82.1 Å². The predicted molar refractivity (Wildman–Crippen MR) is 85.9 cm³/mol. The second-order valence-corrected chi connectivity index (χ2v) is 5.49. The predicted octanol–water partition coefficient (Wildman–Crippen LogP) is 4.78. The van der Waals surface area contributed by atoms with E-state index in [1.54, 1.807) is 0 Å². The Morgan fingerprint density at radius 2 is 1.53 bits per heavy atom. The maximum atomic E-state index is 5.58. The van der Waals surface area contributed by atoms with Crippen molar-refractivity contribution < 1.29 is 4.84 Å². The van der Waals surface area contributed by atoms with Gasteiger partial charge in [0.15, 0.2) is 0 Å². The third-order valence-electron chi connectivity index (χ3n) is 3.90. The highest BCUT2D eigenvalue weighted by atomic mass is 16.7. The summed E-state index contributed by atoms with van der Waals surface area (Å²) < 4.78 is 0. The van der Waals surface area contributed by atoms with E-state index in [2.05, 4.69) is 51.9 Å². The molecule has 118 valence electrons. The molecule has 1 unspecified atom stereocenters. The SMILES string of the molecule is CC.CC.CCC(C)(CC)CN1C(C)NOC1(C)C. The van der Waals surface area contributed by atoms with Crippen molar-refractivity contribution in [2.75, 3.05) is 6.54 Å². The molecule has 0 radical (unpaired) electrons. The smallest absolute Gasteiger partial charge is 0.138 e. The first-order chi connectivity index (χ1) is 8.84. The Hall–Kier alpha value is -0.120. The molecule has 1 aliphatic heterocycles. The van der Waals surface area contributed by atoms with Gasteiger partial charge in [0.25, 0.3) is 0 Å². The van der Waals surface area contributed by atoms with E-state index in [9.17, 15) is 0 Å². The number of nitrogens with one attached hydrogen (secondary N) is 1. The molecule has 0 aromatic rings. The van der Waals surface area contributed by atoms with Crippen LogP contribution in [0.2, 0.25) is 0 Å². The van der Waals surface area contributed by atoms with Crippen LogP contribution in [-0.4, -0.2) is 23.3 Å². The Bertz CT molecular complexity index is 213. The van der Waals surface area contributed by atoms with E-state index in [4.69, 9.17) is 4.84 Å². The summed E-state index contributed by atoms with van der Waals surface area (Å²) in [6.07, 6.45) is 2.73. The standard InChI is InChI=1S/C12H26N2O.2C2H6/c1-7-12(6,8-2)9-14-10(3)13-15-11(14,4)5;2*1-2/h10,13H,7-9H2,1-6H3;2*1-2H3. The van der Waals surface area contributed by atoms with Crippen LogP contribution < -0.4 is 5.48 Å². The highest BCUT2D eigenvalue weighted by molar-refractivity contribution is 4.85. The van der Waals surface area contributed by atoms with Crippen LogP contribution >= 0.6 is 0 Å². The topological polar surface area (TPSA) is 24.5 Å². The summed E-state index contributed by atoms with van der Waals surface area (Å²) in [4.78, 5) is 7.98. The second-order valence-electron chi connectivity index (χ2n) is 5.49. The van der Waals surface area contributed by atoms with Crippen molar-refractivity contribution in [3.63, 3.8) is 0 Å². The van der Waals surface area contributed by atoms with Gasteiger partial charge in [0.1, 0.15) is 5.72 Å². The summed E-state index contributed by atoms with van der Waals surface area (Å²) in [6, 6.07) is 0. The van der Waals surface area contributed by atoms with Crippen molar-refractivity contribution in [2.24, 2.45) is 5.41 Å². The molecule has 1 aliphatic rings. The summed E-state index contributed by atoms with van der Waals surface area (Å²) >= 11 is 0. The largest absolute Gasteiger partial charge is 0.278 e. The van der Waals surface area contributed by atoms with Crippen molar-refractivity contribution in [3.05, 3.63) is 0 Å². The van der Waals surface area contributed by atoms with E-state index in [-0.39, 0.29) is 5.72 Å². The van der Waals surface area contributed by atoms with Crippen LogP contribution in [-0.2, 0) is 4.84 Å². The molecule has 19 heavy (non-hydrogen) atoms. The van der Waals surface area contributed by atoms with E-state index in [1.165, 1.54) is 12.8 Å². The first-order valence-corrected chi connectivity index (χ1v) is 8.05. The number of rotatable bonds is 4. The van der Waals surface area contributed by atoms with E-state index in [0.717, 1.165) is 6.54 Å². The number of hydroxylamine groups is 1. The maximum absolute atomic E-state index is 5.58. The van der Waals surface area contributed by atoms with Crippen LogP contribution in [0.15, 0.2) is 0 Å². The van der Waals surface area contributed by atoms with Crippen molar-refractivity contribution in [3.8, 4) is 0 Å². The molecule has 0 spiro atoms. The molecule has 0 aromatic heterocycles. The molecule has 0 bridgehead atoms. The van der Waals surface area contributed by atoms with Crippen molar-refractivity contribution in [2.45, 2.75) is 94.0 Å². The molecule has 0 saturated carbocycles. The minimum atomic E-state index is -0.189. The number of hydrogen-bond donors (Lipinski definition) is 1. The van der Waals surface area contributed by atoms with Gasteiger partial charge in [0.2, 0.25) is 0 Å². The molecule has 1 heterocycles. The van der Waals surface area contributed by atoms with Crippen molar-refractivity contribution in [1.29, 1.82) is 0 Å². The second kappa shape index (κ2) is 9.73. The monoisotopic (exact) mass is 274 g/mol. The van der Waals surface area contributed by atoms with Gasteiger partial charge in [0, 0.05) is 6.54 Å². The molecule has 1 rings (SSSR count). The first-order valence-electron chi connectivity index (χ1n) is 8.05. The lowest BCUT2D eigenvalue weighted by Crippen LogP contribution is -2.48. The van der Waals surface area contributed by atoms with Gasteiger partial charge in [-0.15, -0.1) is 0 Å². The Morgan fingerprint density at radius 1 is 1.11 bits per heavy atom. The zero-order chi connectivity index (χ0) is 15.7. The summed E-state index contributed by atoms with van der Waals surface area (Å²) in [5.41, 5.74) is 3.26. The molecule has 0 aliphatic carbocycles. The van der Waals surface area contributed by atoms with Gasteiger partial charge in [-0.25, -0.2) is 0 Å². The fraction of sp³-hybridized carbons (Fsp3) is 1.00. The lowest BCUT2D eigenvalue weighted by molar-refractivity contribution is -0.0934. The van der Waals surface area contributed by atoms with Crippen LogP contribution in [0.4, 0.5) is 0 Å². The molecule has 0 amide bonds. The molecular formula is C16H38N2O. The number of nitrogens with zero attached hydrogens (tertiary/aromatic N) is 1. The van der Waals surface area contributed by atoms with Crippen LogP contribution in [0.5, 0.6) is 0 Å². The average molecular weight is 274 g/mol. The molecular weight excluding hydrogens is 236 g/mol. The zero-order valence-electron chi connectivity index (χ0n) is 15.1. The van der Waals surface area contributed by atoms with Gasteiger partial charge in [-0.2, -0.15) is 5.48 Å². The normalized spacial score (nSPS) is 22.1. The van der Waals surface area contributed by atoms with Crippen LogP contribution in [0.25, 0.3) is 0 Å². The summed E-state index contributed by atoms with van der Waals surface area (Å²) in [6.45, 7) is 22.4. The molecule has 0 aromatic carbocycles. The fourth-order valence-corrected chi connectivity index (χ4v) is 2.03. The molecule has 1 saturated heterocycles. The van der Waals surface area contributed by atoms with Gasteiger partial charge in [-0.1, -0.05) is 48.5 Å². The van der Waals surface area contributed by atoms with Crippen molar-refractivity contribution >= 4 is 0 Å². The molecule has 3 nitrogen and oxygen atoms in total. The first kappa shape index (κ1) is 21.2. The fourth-order valence-electron chi connectivity index (χ4n) is 2.03. The Balaban J connectivity index is 0. The van der Waals surface area contributed by atoms with Gasteiger partial charge < -0.3 is 0 Å². The van der Waals surface area contributed by atoms with Gasteiger partial charge in [-0.3, -0.25) is 9.74 Å². The zero-order valence-corrected chi connectivity index (χ0v) is 15.1. The quantitative estimate of drug-likeness (QED) is 0.798. The van der Waals surface area contributed by atoms with E-state index >= 15 is 0 Å². The third kappa shape index (κ3) is 6.24. The van der Waals surface area contributed by atoms with E-state index in [1.807, 2.05) is 27.7 Å². The Morgan fingerprint density at radius 3 is 1.79 bits per heavy atom. The van der Waals surface area contributed by atoms with Crippen LogP contribution in [0, 0.1) is 5.41 Å². The molecule has 1 N–H and O–H groups in total. The van der Waals surface area contributed by atoms with Gasteiger partial charge in [0.05, 0.1) is 6.17 Å². The van der Waals surface area contributed by atoms with Crippen LogP contribution in [0.3, 0.4) is 0 Å². The molecule has 3 heteroatoms. The lowest BCUT2D eigenvalue weighted by atomic mass is 9.83. The molecule has 1 fully saturated rings. The van der Waals surface area contributed by atoms with Crippen molar-refractivity contribution in [1.82, 2.24) is 10.4 Å². The minimum absolute atomic E-state index is 0.189. The Kier molecular flexibility index (Phi) is 10.9. The van der Waals surface area contributed by atoms with Gasteiger partial charge in [-0.05, 0) is 39.0 Å². The third-order valence-corrected chi connectivity index (χ3v) is 3.90. The summed E-state index contributed by atoms with van der Waals surface area (Å²) in [5, 5.41) is 0. The Labute approximate surface area is 122 Å². The average Bonchev–Trinajstić information content (AvgIpc) is 2.70. The lowest BCUT2D eigenvalue weighted by Gasteiger charge is -2.38. The van der Waals surface area contributed by atoms with Gasteiger partial charge >= 0.3 is 0 Å². The number of hydrogen-bond acceptors (Lipinski definition) is 3. The minimum Gasteiger partial charge on any atom is -0.278 e. The molecule has 1 atom stereocenters. The maximum Gasteiger partial charge on any atom is 0.138 e. The summed E-state index contributed by atoms with van der Waals surface area (Å²) in [5.74, 6) is 0.